The largest absolute Gasteiger partial charge is 0.313 e. The van der Waals surface area contributed by atoms with Gasteiger partial charge in [-0.15, -0.1) is 0 Å². The van der Waals surface area contributed by atoms with E-state index in [4.69, 9.17) is 4.98 Å². The Balaban J connectivity index is 1.88. The lowest BCUT2D eigenvalue weighted by atomic mass is 10.0. The van der Waals surface area contributed by atoms with Gasteiger partial charge < -0.3 is 5.32 Å². The first kappa shape index (κ1) is 13.7. The summed E-state index contributed by atoms with van der Waals surface area (Å²) in [5, 5.41) is 4.56. The Morgan fingerprint density at radius 2 is 1.95 bits per heavy atom. The maximum Gasteiger partial charge on any atom is 0.0705 e. The smallest absolute Gasteiger partial charge is 0.0705 e. The third-order valence-electron chi connectivity index (χ3n) is 3.74. The molecule has 0 bridgehead atoms. The quantitative estimate of drug-likeness (QED) is 0.794. The van der Waals surface area contributed by atoms with Gasteiger partial charge in [-0.2, -0.15) is 0 Å². The minimum atomic E-state index is 0.250. The summed E-state index contributed by atoms with van der Waals surface area (Å²) in [5.74, 6) is 0. The molecule has 1 aromatic carbocycles. The van der Waals surface area contributed by atoms with Crippen LogP contribution in [0, 0.1) is 6.92 Å². The summed E-state index contributed by atoms with van der Waals surface area (Å²) >= 11 is 0. The third-order valence-corrected chi connectivity index (χ3v) is 3.74. The first-order valence-electron chi connectivity index (χ1n) is 7.21. The first-order chi connectivity index (χ1) is 10.3. The van der Waals surface area contributed by atoms with Gasteiger partial charge in [-0.05, 0) is 43.8 Å². The zero-order chi connectivity index (χ0) is 14.7. The number of nitrogens with one attached hydrogen (secondary N) is 1. The fourth-order valence-electron chi connectivity index (χ4n) is 2.60. The number of fused-ring (bicyclic) bond motifs is 1. The molecule has 1 unspecified atom stereocenters. The lowest BCUT2D eigenvalue weighted by Crippen LogP contribution is -2.19. The standard InChI is InChI=1S/C18H19N3/c1-13-11-15(9-10-20-13)18(19-2)12-16-8-7-14-5-3-4-6-17(14)21-16/h3-11,18-19H,12H2,1-2H3. The molecule has 3 nitrogen and oxygen atoms in total. The summed E-state index contributed by atoms with van der Waals surface area (Å²) in [4.78, 5) is 9.02. The van der Waals surface area contributed by atoms with Crippen molar-refractivity contribution >= 4 is 10.9 Å². The van der Waals surface area contributed by atoms with Crippen LogP contribution in [0.3, 0.4) is 0 Å². The number of aromatic nitrogens is 2. The van der Waals surface area contributed by atoms with Crippen LogP contribution in [-0.2, 0) is 6.42 Å². The molecule has 0 amide bonds. The Labute approximate surface area is 125 Å². The fraction of sp³-hybridized carbons (Fsp3) is 0.222. The summed E-state index contributed by atoms with van der Waals surface area (Å²) in [6.07, 6.45) is 2.73. The summed E-state index contributed by atoms with van der Waals surface area (Å²) in [5.41, 5.74) is 4.44. The average Bonchev–Trinajstić information content (AvgIpc) is 2.52. The molecular formula is C18H19N3. The lowest BCUT2D eigenvalue weighted by Gasteiger charge is -2.17. The van der Waals surface area contributed by atoms with E-state index in [1.54, 1.807) is 0 Å². The SMILES string of the molecule is CNC(Cc1ccc2ccccc2n1)c1ccnc(C)c1. The molecule has 0 saturated heterocycles. The van der Waals surface area contributed by atoms with Crippen LogP contribution in [0.4, 0.5) is 0 Å². The molecule has 2 heterocycles. The summed E-state index contributed by atoms with van der Waals surface area (Å²) in [6, 6.07) is 16.9. The van der Waals surface area contributed by atoms with Crippen LogP contribution in [-0.4, -0.2) is 17.0 Å². The molecule has 0 radical (unpaired) electrons. The van der Waals surface area contributed by atoms with Crippen molar-refractivity contribution in [2.24, 2.45) is 0 Å². The van der Waals surface area contributed by atoms with Gasteiger partial charge in [0.15, 0.2) is 0 Å². The molecule has 3 rings (SSSR count). The van der Waals surface area contributed by atoms with E-state index in [2.05, 4.69) is 46.7 Å². The van der Waals surface area contributed by atoms with Gasteiger partial charge in [-0.25, -0.2) is 0 Å². The number of pyridine rings is 2. The van der Waals surface area contributed by atoms with Gasteiger partial charge in [0, 0.05) is 35.4 Å². The molecule has 0 saturated carbocycles. The highest BCUT2D eigenvalue weighted by molar-refractivity contribution is 5.78. The van der Waals surface area contributed by atoms with Crippen LogP contribution >= 0.6 is 0 Å². The molecule has 21 heavy (non-hydrogen) atoms. The molecule has 3 heteroatoms. The van der Waals surface area contributed by atoms with Gasteiger partial charge in [-0.3, -0.25) is 9.97 Å². The van der Waals surface area contributed by atoms with Crippen LogP contribution in [0.15, 0.2) is 54.7 Å². The van der Waals surface area contributed by atoms with E-state index in [1.807, 2.05) is 32.3 Å². The van der Waals surface area contributed by atoms with Crippen molar-refractivity contribution in [2.75, 3.05) is 7.05 Å². The van der Waals surface area contributed by atoms with Gasteiger partial charge in [0.1, 0.15) is 0 Å². The molecule has 106 valence electrons. The second-order valence-corrected chi connectivity index (χ2v) is 5.27. The molecule has 0 spiro atoms. The molecule has 0 aliphatic carbocycles. The number of para-hydroxylation sites is 1. The maximum absolute atomic E-state index is 4.76. The number of likely N-dealkylation sites (N-methyl/N-ethyl adjacent to an activating group) is 1. The summed E-state index contributed by atoms with van der Waals surface area (Å²) < 4.78 is 0. The van der Waals surface area contributed by atoms with Crippen molar-refractivity contribution in [1.82, 2.24) is 15.3 Å². The molecule has 1 atom stereocenters. The number of hydrogen-bond acceptors (Lipinski definition) is 3. The number of hydrogen-bond donors (Lipinski definition) is 1. The van der Waals surface area contributed by atoms with Gasteiger partial charge in [-0.1, -0.05) is 24.3 Å². The molecule has 0 aliphatic rings. The van der Waals surface area contributed by atoms with Gasteiger partial charge >= 0.3 is 0 Å². The van der Waals surface area contributed by atoms with E-state index >= 15 is 0 Å². The Hall–Kier alpha value is -2.26. The van der Waals surface area contributed by atoms with Crippen LogP contribution in [0.2, 0.25) is 0 Å². The maximum atomic E-state index is 4.76. The van der Waals surface area contributed by atoms with Crippen molar-refractivity contribution in [2.45, 2.75) is 19.4 Å². The number of nitrogens with zero attached hydrogens (tertiary/aromatic N) is 2. The minimum absolute atomic E-state index is 0.250. The van der Waals surface area contributed by atoms with E-state index < -0.39 is 0 Å². The second-order valence-electron chi connectivity index (χ2n) is 5.27. The van der Waals surface area contributed by atoms with Gasteiger partial charge in [0.05, 0.1) is 5.52 Å². The number of rotatable bonds is 4. The molecule has 0 fully saturated rings. The second kappa shape index (κ2) is 6.02. The van der Waals surface area contributed by atoms with Crippen LogP contribution < -0.4 is 5.32 Å². The molecule has 2 aromatic heterocycles. The zero-order valence-corrected chi connectivity index (χ0v) is 12.4. The van der Waals surface area contributed by atoms with E-state index in [1.165, 1.54) is 10.9 Å². The predicted molar refractivity (Wildman–Crippen MR) is 86.2 cm³/mol. The van der Waals surface area contributed by atoms with Crippen LogP contribution in [0.25, 0.3) is 10.9 Å². The third kappa shape index (κ3) is 3.09. The van der Waals surface area contributed by atoms with Crippen molar-refractivity contribution < 1.29 is 0 Å². The Morgan fingerprint density at radius 3 is 2.76 bits per heavy atom. The molecule has 3 aromatic rings. The van der Waals surface area contributed by atoms with Crippen molar-refractivity contribution in [1.29, 1.82) is 0 Å². The molecular weight excluding hydrogens is 258 g/mol. The van der Waals surface area contributed by atoms with Crippen molar-refractivity contribution in [3.05, 3.63) is 71.7 Å². The van der Waals surface area contributed by atoms with E-state index in [-0.39, 0.29) is 6.04 Å². The Bertz CT molecular complexity index is 752. The highest BCUT2D eigenvalue weighted by atomic mass is 14.9. The monoisotopic (exact) mass is 277 g/mol. The van der Waals surface area contributed by atoms with E-state index in [0.717, 1.165) is 23.3 Å². The molecule has 0 aliphatic heterocycles. The van der Waals surface area contributed by atoms with Crippen molar-refractivity contribution in [3.63, 3.8) is 0 Å². The van der Waals surface area contributed by atoms with Gasteiger partial charge in [0.2, 0.25) is 0 Å². The molecule has 1 N–H and O–H groups in total. The average molecular weight is 277 g/mol. The minimum Gasteiger partial charge on any atom is -0.313 e. The first-order valence-corrected chi connectivity index (χ1v) is 7.21. The lowest BCUT2D eigenvalue weighted by molar-refractivity contribution is 0.584. The zero-order valence-electron chi connectivity index (χ0n) is 12.4. The van der Waals surface area contributed by atoms with Crippen LogP contribution in [0.5, 0.6) is 0 Å². The Morgan fingerprint density at radius 1 is 1.10 bits per heavy atom. The summed E-state index contributed by atoms with van der Waals surface area (Å²) in [6.45, 7) is 2.02. The van der Waals surface area contributed by atoms with Gasteiger partial charge in [0.25, 0.3) is 0 Å². The highest BCUT2D eigenvalue weighted by Gasteiger charge is 2.11. The van der Waals surface area contributed by atoms with E-state index in [0.29, 0.717) is 0 Å². The normalized spacial score (nSPS) is 12.5. The number of benzene rings is 1. The highest BCUT2D eigenvalue weighted by Crippen LogP contribution is 2.19. The fourth-order valence-corrected chi connectivity index (χ4v) is 2.60. The topological polar surface area (TPSA) is 37.8 Å². The number of aryl methyl sites for hydroxylation is 1. The van der Waals surface area contributed by atoms with Crippen molar-refractivity contribution in [3.8, 4) is 0 Å². The predicted octanol–water partition coefficient (Wildman–Crippen LogP) is 3.44. The van der Waals surface area contributed by atoms with Crippen LogP contribution in [0.1, 0.15) is 23.0 Å². The Kier molecular flexibility index (Phi) is 3.93. The van der Waals surface area contributed by atoms with E-state index in [9.17, 15) is 0 Å². The summed E-state index contributed by atoms with van der Waals surface area (Å²) in [7, 11) is 1.99.